The maximum Gasteiger partial charge on any atom is 0.338 e. The van der Waals surface area contributed by atoms with Crippen LogP contribution in [0.4, 0.5) is 5.69 Å². The van der Waals surface area contributed by atoms with Gasteiger partial charge in [0.15, 0.2) is 13.2 Å². The molecule has 2 amide bonds. The van der Waals surface area contributed by atoms with Gasteiger partial charge in [-0.05, 0) is 55.3 Å². The number of carbonyl (C=O) groups excluding carboxylic acids is 3. The number of hydrogen-bond acceptors (Lipinski definition) is 6. The third-order valence-electron chi connectivity index (χ3n) is 5.35. The summed E-state index contributed by atoms with van der Waals surface area (Å²) in [5.41, 5.74) is 9.01. The first-order chi connectivity index (χ1) is 14.8. The molecule has 1 fully saturated rings. The fourth-order valence-corrected chi connectivity index (χ4v) is 3.42. The minimum absolute atomic E-state index is 0.213. The zero-order valence-electron chi connectivity index (χ0n) is 17.8. The normalized spacial score (nSPS) is 13.6. The van der Waals surface area contributed by atoms with E-state index in [1.54, 1.807) is 4.90 Å². The quantitative estimate of drug-likeness (QED) is 0.677. The Kier molecular flexibility index (Phi) is 7.12. The van der Waals surface area contributed by atoms with Gasteiger partial charge < -0.3 is 25.0 Å². The molecule has 0 radical (unpaired) electrons. The van der Waals surface area contributed by atoms with Crippen molar-refractivity contribution in [3.63, 3.8) is 0 Å². The number of aryl methyl sites for hydroxylation is 1. The van der Waals surface area contributed by atoms with E-state index in [1.165, 1.54) is 41.1 Å². The molecule has 0 bridgehead atoms. The first kappa shape index (κ1) is 22.1. The summed E-state index contributed by atoms with van der Waals surface area (Å²) >= 11 is 0. The smallest absolute Gasteiger partial charge is 0.338 e. The SMILES string of the molecule is Cc1cccc(N2CCN(C(=O)COC(=O)c3ccc(OCC(N)=O)cc3)CC2)c1C. The molecule has 8 heteroatoms. The van der Waals surface area contributed by atoms with E-state index in [-0.39, 0.29) is 19.1 Å². The van der Waals surface area contributed by atoms with Crippen molar-refractivity contribution in [2.75, 3.05) is 44.3 Å². The number of carbonyl (C=O) groups is 3. The second-order valence-electron chi connectivity index (χ2n) is 7.44. The molecule has 1 heterocycles. The Bertz CT molecular complexity index is 950. The Balaban J connectivity index is 1.46. The van der Waals surface area contributed by atoms with Crippen LogP contribution in [-0.2, 0) is 14.3 Å². The maximum absolute atomic E-state index is 12.5. The molecule has 2 aromatic rings. The summed E-state index contributed by atoms with van der Waals surface area (Å²) in [4.78, 5) is 39.4. The zero-order chi connectivity index (χ0) is 22.4. The Morgan fingerprint density at radius 2 is 1.61 bits per heavy atom. The van der Waals surface area contributed by atoms with Gasteiger partial charge in [-0.25, -0.2) is 4.79 Å². The van der Waals surface area contributed by atoms with Crippen molar-refractivity contribution in [3.8, 4) is 5.75 Å². The number of ether oxygens (including phenoxy) is 2. The van der Waals surface area contributed by atoms with Crippen LogP contribution in [0.2, 0.25) is 0 Å². The van der Waals surface area contributed by atoms with E-state index in [1.807, 2.05) is 6.07 Å². The largest absolute Gasteiger partial charge is 0.484 e. The Hall–Kier alpha value is -3.55. The molecule has 1 saturated heterocycles. The number of primary amides is 1. The molecule has 0 saturated carbocycles. The second kappa shape index (κ2) is 9.97. The van der Waals surface area contributed by atoms with E-state index in [0.717, 1.165) is 13.1 Å². The molecular formula is C23H27N3O5. The summed E-state index contributed by atoms with van der Waals surface area (Å²) in [5.74, 6) is -0.982. The van der Waals surface area contributed by atoms with Gasteiger partial charge in [0, 0.05) is 31.9 Å². The topological polar surface area (TPSA) is 102 Å². The molecule has 1 aliphatic rings. The molecule has 8 nitrogen and oxygen atoms in total. The molecule has 3 rings (SSSR count). The van der Waals surface area contributed by atoms with Crippen LogP contribution in [0.5, 0.6) is 5.75 Å². The molecule has 0 atom stereocenters. The van der Waals surface area contributed by atoms with E-state index in [4.69, 9.17) is 15.2 Å². The number of piperazine rings is 1. The highest BCUT2D eigenvalue weighted by Gasteiger charge is 2.23. The fraction of sp³-hybridized carbons (Fsp3) is 0.348. The molecule has 0 unspecified atom stereocenters. The van der Waals surface area contributed by atoms with Gasteiger partial charge in [0.05, 0.1) is 5.56 Å². The van der Waals surface area contributed by atoms with Crippen LogP contribution < -0.4 is 15.4 Å². The van der Waals surface area contributed by atoms with Gasteiger partial charge in [-0.1, -0.05) is 12.1 Å². The van der Waals surface area contributed by atoms with E-state index >= 15 is 0 Å². The predicted molar refractivity (Wildman–Crippen MR) is 116 cm³/mol. The lowest BCUT2D eigenvalue weighted by atomic mass is 10.1. The molecule has 0 aromatic heterocycles. The van der Waals surface area contributed by atoms with Gasteiger partial charge in [0.1, 0.15) is 5.75 Å². The van der Waals surface area contributed by atoms with Crippen molar-refractivity contribution < 1.29 is 23.9 Å². The summed E-state index contributed by atoms with van der Waals surface area (Å²) in [6.07, 6.45) is 0. The molecule has 0 spiro atoms. The first-order valence-corrected chi connectivity index (χ1v) is 10.1. The predicted octanol–water partition coefficient (Wildman–Crippen LogP) is 1.67. The summed E-state index contributed by atoms with van der Waals surface area (Å²) in [5, 5.41) is 0. The van der Waals surface area contributed by atoms with Gasteiger partial charge in [0.2, 0.25) is 0 Å². The number of benzene rings is 2. The molecular weight excluding hydrogens is 398 g/mol. The zero-order valence-corrected chi connectivity index (χ0v) is 17.8. The second-order valence-corrected chi connectivity index (χ2v) is 7.44. The number of anilines is 1. The van der Waals surface area contributed by atoms with Crippen LogP contribution in [0.3, 0.4) is 0 Å². The monoisotopic (exact) mass is 425 g/mol. The van der Waals surface area contributed by atoms with Crippen LogP contribution in [0, 0.1) is 13.8 Å². The first-order valence-electron chi connectivity index (χ1n) is 10.1. The van der Waals surface area contributed by atoms with E-state index in [0.29, 0.717) is 24.4 Å². The minimum Gasteiger partial charge on any atom is -0.484 e. The van der Waals surface area contributed by atoms with Crippen molar-refractivity contribution in [1.29, 1.82) is 0 Å². The Morgan fingerprint density at radius 1 is 0.935 bits per heavy atom. The van der Waals surface area contributed by atoms with E-state index < -0.39 is 11.9 Å². The van der Waals surface area contributed by atoms with E-state index in [2.05, 4.69) is 30.9 Å². The number of esters is 1. The van der Waals surface area contributed by atoms with Crippen LogP contribution in [-0.4, -0.2) is 62.1 Å². The average Bonchev–Trinajstić information content (AvgIpc) is 2.78. The summed E-state index contributed by atoms with van der Waals surface area (Å²) in [7, 11) is 0. The van der Waals surface area contributed by atoms with Crippen molar-refractivity contribution in [3.05, 3.63) is 59.2 Å². The maximum atomic E-state index is 12.5. The van der Waals surface area contributed by atoms with Gasteiger partial charge >= 0.3 is 5.97 Å². The fourth-order valence-electron chi connectivity index (χ4n) is 3.42. The van der Waals surface area contributed by atoms with Gasteiger partial charge in [0.25, 0.3) is 11.8 Å². The third-order valence-corrected chi connectivity index (χ3v) is 5.35. The molecule has 2 N–H and O–H groups in total. The lowest BCUT2D eigenvalue weighted by Gasteiger charge is -2.37. The molecule has 31 heavy (non-hydrogen) atoms. The average molecular weight is 425 g/mol. The summed E-state index contributed by atoms with van der Waals surface area (Å²) in [6, 6.07) is 12.3. The van der Waals surface area contributed by atoms with E-state index in [9.17, 15) is 14.4 Å². The summed E-state index contributed by atoms with van der Waals surface area (Å²) in [6.45, 7) is 6.28. The standard InChI is InChI=1S/C23H27N3O5/c1-16-4-3-5-20(17(16)2)25-10-12-26(13-11-25)22(28)15-31-23(29)18-6-8-19(9-7-18)30-14-21(24)27/h3-9H,10-15H2,1-2H3,(H2,24,27). The van der Waals surface area contributed by atoms with Crippen LogP contribution in [0.25, 0.3) is 0 Å². The van der Waals surface area contributed by atoms with Crippen molar-refractivity contribution in [2.24, 2.45) is 5.73 Å². The Morgan fingerprint density at radius 3 is 2.26 bits per heavy atom. The third kappa shape index (κ3) is 5.75. The van der Waals surface area contributed by atoms with Gasteiger partial charge in [-0.3, -0.25) is 9.59 Å². The highest BCUT2D eigenvalue weighted by Crippen LogP contribution is 2.24. The number of nitrogens with two attached hydrogens (primary N) is 1. The Labute approximate surface area is 181 Å². The highest BCUT2D eigenvalue weighted by molar-refractivity contribution is 5.91. The lowest BCUT2D eigenvalue weighted by Crippen LogP contribution is -2.50. The number of nitrogens with zero attached hydrogens (tertiary/aromatic N) is 2. The number of amides is 2. The molecule has 0 aliphatic carbocycles. The van der Waals surface area contributed by atoms with Crippen molar-refractivity contribution in [2.45, 2.75) is 13.8 Å². The van der Waals surface area contributed by atoms with Gasteiger partial charge in [-0.15, -0.1) is 0 Å². The highest BCUT2D eigenvalue weighted by atomic mass is 16.5. The van der Waals surface area contributed by atoms with Crippen molar-refractivity contribution >= 4 is 23.5 Å². The summed E-state index contributed by atoms with van der Waals surface area (Å²) < 4.78 is 10.3. The number of hydrogen-bond donors (Lipinski definition) is 1. The number of rotatable bonds is 7. The molecule has 2 aromatic carbocycles. The minimum atomic E-state index is -0.594. The van der Waals surface area contributed by atoms with Crippen molar-refractivity contribution in [1.82, 2.24) is 4.90 Å². The molecule has 1 aliphatic heterocycles. The lowest BCUT2D eigenvalue weighted by molar-refractivity contribution is -0.134. The van der Waals surface area contributed by atoms with Crippen LogP contribution >= 0.6 is 0 Å². The molecule has 164 valence electrons. The van der Waals surface area contributed by atoms with Gasteiger partial charge in [-0.2, -0.15) is 0 Å². The van der Waals surface area contributed by atoms with Crippen LogP contribution in [0.1, 0.15) is 21.5 Å². The van der Waals surface area contributed by atoms with Crippen LogP contribution in [0.15, 0.2) is 42.5 Å².